The molecule has 0 bridgehead atoms. The van der Waals surface area contributed by atoms with E-state index in [4.69, 9.17) is 5.26 Å². The summed E-state index contributed by atoms with van der Waals surface area (Å²) >= 11 is 2.74. The van der Waals surface area contributed by atoms with Crippen molar-refractivity contribution in [3.05, 3.63) is 30.5 Å². The third kappa shape index (κ3) is 2.03. The van der Waals surface area contributed by atoms with E-state index in [0.29, 0.717) is 5.08 Å². The lowest BCUT2D eigenvalue weighted by Crippen LogP contribution is -1.85. The molecular weight excluding hydrogens is 214 g/mol. The molecule has 1 heterocycles. The smallest absolute Gasteiger partial charge is 0.134 e. The van der Waals surface area contributed by atoms with Crippen LogP contribution in [-0.2, 0) is 0 Å². The van der Waals surface area contributed by atoms with Gasteiger partial charge in [-0.25, -0.2) is 4.09 Å². The van der Waals surface area contributed by atoms with Crippen molar-refractivity contribution in [1.29, 1.82) is 5.26 Å². The van der Waals surface area contributed by atoms with Crippen LogP contribution in [0.2, 0.25) is 0 Å². The summed E-state index contributed by atoms with van der Waals surface area (Å²) in [7, 11) is 0. The van der Waals surface area contributed by atoms with E-state index in [2.05, 4.69) is 5.10 Å². The predicted molar refractivity (Wildman–Crippen MR) is 60.8 cm³/mol. The quantitative estimate of drug-likeness (QED) is 0.454. The van der Waals surface area contributed by atoms with Crippen molar-refractivity contribution in [2.75, 3.05) is 5.08 Å². The number of aromatic nitrogens is 2. The summed E-state index contributed by atoms with van der Waals surface area (Å²) in [5.41, 5.74) is 0.988. The summed E-state index contributed by atoms with van der Waals surface area (Å²) in [5, 5.41) is 16.5. The van der Waals surface area contributed by atoms with E-state index < -0.39 is 0 Å². The monoisotopic (exact) mass is 221 g/mol. The number of nitrogens with zero attached hydrogens (tertiary/aromatic N) is 3. The molecule has 2 rings (SSSR count). The minimum absolute atomic E-state index is 0.699. The van der Waals surface area contributed by atoms with Gasteiger partial charge in [-0.1, -0.05) is 18.2 Å². The number of thiocyanates is 1. The topological polar surface area (TPSA) is 41.6 Å². The van der Waals surface area contributed by atoms with Gasteiger partial charge in [-0.3, -0.25) is 0 Å². The Morgan fingerprint density at radius 1 is 1.43 bits per heavy atom. The van der Waals surface area contributed by atoms with Crippen LogP contribution < -0.4 is 0 Å². The number of fused-ring (bicyclic) bond motifs is 1. The lowest BCUT2D eigenvalue weighted by molar-refractivity contribution is 1.04. The molecule has 0 atom stereocenters. The van der Waals surface area contributed by atoms with Crippen molar-refractivity contribution >= 4 is 34.6 Å². The highest BCUT2D eigenvalue weighted by atomic mass is 32.2. The van der Waals surface area contributed by atoms with E-state index in [-0.39, 0.29) is 0 Å². The van der Waals surface area contributed by atoms with Crippen LogP contribution in [-0.4, -0.2) is 14.3 Å². The van der Waals surface area contributed by atoms with Gasteiger partial charge >= 0.3 is 0 Å². The Balaban J connectivity index is 2.15. The molecular formula is C9H7N3S2. The molecule has 0 aliphatic carbocycles. The predicted octanol–water partition coefficient (Wildman–Crippen LogP) is 2.70. The molecule has 0 unspecified atom stereocenters. The molecule has 0 radical (unpaired) electrons. The second-order valence-corrected chi connectivity index (χ2v) is 4.62. The molecule has 0 amide bonds. The number of hydrogen-bond donors (Lipinski definition) is 0. The number of benzene rings is 1. The fraction of sp³-hybridized carbons (Fsp3) is 0.111. The largest absolute Gasteiger partial charge is 0.212 e. The second kappa shape index (κ2) is 4.40. The molecule has 0 spiro atoms. The third-order valence-corrected chi connectivity index (χ3v) is 3.17. The highest BCUT2D eigenvalue weighted by Crippen LogP contribution is 2.17. The van der Waals surface area contributed by atoms with Crippen LogP contribution in [0.4, 0.5) is 0 Å². The Kier molecular flexibility index (Phi) is 2.96. The SMILES string of the molecule is N#CSCSn1cc2ccccc2n1. The first-order valence-corrected chi connectivity index (χ1v) is 5.91. The molecule has 0 aliphatic rings. The average Bonchev–Trinajstić information content (AvgIpc) is 2.60. The maximum absolute atomic E-state index is 8.35. The molecule has 0 N–H and O–H groups in total. The van der Waals surface area contributed by atoms with Crippen molar-refractivity contribution in [1.82, 2.24) is 9.19 Å². The molecule has 14 heavy (non-hydrogen) atoms. The highest BCUT2D eigenvalue weighted by Gasteiger charge is 1.99. The molecule has 5 heteroatoms. The van der Waals surface area contributed by atoms with Gasteiger partial charge < -0.3 is 0 Å². The van der Waals surface area contributed by atoms with Gasteiger partial charge in [0.15, 0.2) is 0 Å². The summed E-state index contributed by atoms with van der Waals surface area (Å²) < 4.78 is 1.80. The molecule has 1 aromatic carbocycles. The van der Waals surface area contributed by atoms with Gasteiger partial charge in [0.05, 0.1) is 10.6 Å². The average molecular weight is 221 g/mol. The second-order valence-electron chi connectivity index (χ2n) is 2.57. The Hall–Kier alpha value is -1.12. The van der Waals surface area contributed by atoms with Crippen LogP contribution in [0.1, 0.15) is 0 Å². The summed E-state index contributed by atoms with van der Waals surface area (Å²) in [6.45, 7) is 0. The lowest BCUT2D eigenvalue weighted by Gasteiger charge is -1.93. The number of rotatable bonds is 3. The van der Waals surface area contributed by atoms with Crippen molar-refractivity contribution in [3.8, 4) is 5.40 Å². The van der Waals surface area contributed by atoms with Gasteiger partial charge in [-0.15, -0.1) is 0 Å². The highest BCUT2D eigenvalue weighted by molar-refractivity contribution is 8.17. The van der Waals surface area contributed by atoms with Crippen molar-refractivity contribution in [2.24, 2.45) is 0 Å². The first-order valence-electron chi connectivity index (χ1n) is 3.99. The van der Waals surface area contributed by atoms with Gasteiger partial charge in [-0.05, 0) is 29.8 Å². The maximum atomic E-state index is 8.35. The van der Waals surface area contributed by atoms with E-state index in [1.807, 2.05) is 35.9 Å². The van der Waals surface area contributed by atoms with Crippen LogP contribution in [0.5, 0.6) is 0 Å². The molecule has 0 saturated carbocycles. The lowest BCUT2D eigenvalue weighted by atomic mass is 10.3. The van der Waals surface area contributed by atoms with E-state index in [0.717, 1.165) is 10.9 Å². The fourth-order valence-electron chi connectivity index (χ4n) is 1.11. The first-order chi connectivity index (χ1) is 6.90. The Bertz CT molecular complexity index is 439. The summed E-state index contributed by atoms with van der Waals surface area (Å²) in [6, 6.07) is 7.96. The van der Waals surface area contributed by atoms with Gasteiger partial charge in [0.2, 0.25) is 0 Å². The van der Waals surface area contributed by atoms with Crippen molar-refractivity contribution in [2.45, 2.75) is 0 Å². The zero-order chi connectivity index (χ0) is 9.80. The van der Waals surface area contributed by atoms with Crippen LogP contribution >= 0.6 is 23.7 Å². The zero-order valence-electron chi connectivity index (χ0n) is 7.25. The van der Waals surface area contributed by atoms with E-state index in [1.54, 1.807) is 4.09 Å². The minimum atomic E-state index is 0.699. The number of nitriles is 1. The van der Waals surface area contributed by atoms with Crippen LogP contribution in [0.25, 0.3) is 10.9 Å². The molecule has 0 fully saturated rings. The first kappa shape index (κ1) is 9.44. The molecule has 1 aromatic heterocycles. The van der Waals surface area contributed by atoms with Crippen molar-refractivity contribution < 1.29 is 0 Å². The zero-order valence-corrected chi connectivity index (χ0v) is 8.88. The van der Waals surface area contributed by atoms with Gasteiger partial charge in [0, 0.05) is 11.6 Å². The third-order valence-electron chi connectivity index (χ3n) is 1.70. The summed E-state index contributed by atoms with van der Waals surface area (Å²) in [6.07, 6.45) is 1.97. The maximum Gasteiger partial charge on any atom is 0.134 e. The molecule has 0 saturated heterocycles. The standard InChI is InChI=1S/C9H7N3S2/c10-6-13-7-14-12-5-8-3-1-2-4-9(8)11-12/h1-5H,7H2. The molecule has 2 aromatic rings. The Morgan fingerprint density at radius 2 is 2.29 bits per heavy atom. The number of thioether (sulfide) groups is 1. The van der Waals surface area contributed by atoms with Gasteiger partial charge in [-0.2, -0.15) is 10.4 Å². The minimum Gasteiger partial charge on any atom is -0.212 e. The van der Waals surface area contributed by atoms with E-state index >= 15 is 0 Å². The molecule has 0 aliphatic heterocycles. The van der Waals surface area contributed by atoms with Gasteiger partial charge in [0.25, 0.3) is 0 Å². The Morgan fingerprint density at radius 3 is 3.07 bits per heavy atom. The van der Waals surface area contributed by atoms with Crippen LogP contribution in [0.15, 0.2) is 30.5 Å². The summed E-state index contributed by atoms with van der Waals surface area (Å²) in [4.78, 5) is 0. The van der Waals surface area contributed by atoms with Crippen LogP contribution in [0.3, 0.4) is 0 Å². The Labute approximate surface area is 90.2 Å². The normalized spacial score (nSPS) is 10.2. The van der Waals surface area contributed by atoms with E-state index in [1.165, 1.54) is 23.7 Å². The molecule has 3 nitrogen and oxygen atoms in total. The fourth-order valence-corrected chi connectivity index (χ4v) is 2.30. The van der Waals surface area contributed by atoms with E-state index in [9.17, 15) is 0 Å². The van der Waals surface area contributed by atoms with Crippen molar-refractivity contribution in [3.63, 3.8) is 0 Å². The summed E-state index contributed by atoms with van der Waals surface area (Å²) in [5.74, 6) is 0. The van der Waals surface area contributed by atoms with Gasteiger partial charge in [0.1, 0.15) is 5.40 Å². The number of hydrogen-bond acceptors (Lipinski definition) is 4. The van der Waals surface area contributed by atoms with Crippen LogP contribution in [0, 0.1) is 10.7 Å². The molecule has 70 valence electrons.